The maximum atomic E-state index is 13.0. The van der Waals surface area contributed by atoms with Crippen LogP contribution < -0.4 is 28.9 Å². The largest absolute Gasteiger partial charge is 1.00 e. The average Bonchev–Trinajstić information content (AvgIpc) is 2.61. The molecule has 29 heavy (non-hydrogen) atoms. The summed E-state index contributed by atoms with van der Waals surface area (Å²) in [6, 6.07) is 12.3. The molecule has 0 bridgehead atoms. The minimum Gasteiger partial charge on any atom is -1.00 e. The zero-order chi connectivity index (χ0) is 20.7. The zero-order valence-corrected chi connectivity index (χ0v) is 20.3. The van der Waals surface area contributed by atoms with Gasteiger partial charge in [0.05, 0.1) is 6.61 Å². The fourth-order valence-corrected chi connectivity index (χ4v) is 4.42. The van der Waals surface area contributed by atoms with Crippen LogP contribution in [0.25, 0.3) is 0 Å². The third-order valence-electron chi connectivity index (χ3n) is 5.00. The van der Waals surface area contributed by atoms with Crippen LogP contribution in [-0.2, 0) is 5.41 Å². The van der Waals surface area contributed by atoms with Crippen LogP contribution in [0.5, 0.6) is 5.75 Å². The number of hydrogen-bond acceptors (Lipinski definition) is 2. The molecule has 4 heteroatoms. The number of benzene rings is 2. The van der Waals surface area contributed by atoms with Crippen molar-refractivity contribution < 1.29 is 29.8 Å². The Hall–Kier alpha value is -1.06. The van der Waals surface area contributed by atoms with E-state index in [0.29, 0.717) is 0 Å². The first-order valence-electron chi connectivity index (χ1n) is 10.4. The molecule has 1 unspecified atom stereocenters. The molecule has 0 fully saturated rings. The summed E-state index contributed by atoms with van der Waals surface area (Å²) < 4.78 is 5.80. The molecule has 154 valence electrons. The quantitative estimate of drug-likeness (QED) is 0.360. The van der Waals surface area contributed by atoms with E-state index < -0.39 is 0 Å². The van der Waals surface area contributed by atoms with Crippen LogP contribution in [0.2, 0.25) is 0 Å². The Labute approximate surface area is 192 Å². The number of rotatable bonds is 9. The minimum absolute atomic E-state index is 0. The monoisotopic (exact) mass is 406 g/mol. The summed E-state index contributed by atoms with van der Waals surface area (Å²) in [6.07, 6.45) is 4.82. The molecule has 2 aromatic rings. The van der Waals surface area contributed by atoms with Crippen molar-refractivity contribution in [3.63, 3.8) is 0 Å². The van der Waals surface area contributed by atoms with Crippen molar-refractivity contribution in [3.8, 4) is 5.75 Å². The summed E-state index contributed by atoms with van der Waals surface area (Å²) >= 11 is 0. The normalized spacial score (nSPS) is 11.5. The number of hydrogen-bond donors (Lipinski definition) is 0. The van der Waals surface area contributed by atoms with E-state index in [1.165, 1.54) is 24.8 Å². The van der Waals surface area contributed by atoms with Gasteiger partial charge in [0.15, 0.2) is 5.52 Å². The molecule has 0 spiro atoms. The van der Waals surface area contributed by atoms with Gasteiger partial charge in [-0.25, -0.2) is 0 Å². The van der Waals surface area contributed by atoms with E-state index >= 15 is 0 Å². The summed E-state index contributed by atoms with van der Waals surface area (Å²) in [7, 11) is 0.136. The standard InChI is InChI=1S/C25H35O2P.Li.H/c1-7-8-9-10-15-27-21-11-13-22(14-12-21)28-24(26)23-18(2)16-20(17-19(23)3)25(4,5)6;;/h11-14,16-17,28H,7-10,15H2,1-6H3;;/q;+1;-1. The first kappa shape index (κ1) is 26.0. The smallest absolute Gasteiger partial charge is 1.00 e. The van der Waals surface area contributed by atoms with Gasteiger partial charge in [-0.2, -0.15) is 0 Å². The van der Waals surface area contributed by atoms with Crippen molar-refractivity contribution in [1.29, 1.82) is 0 Å². The zero-order valence-electron chi connectivity index (χ0n) is 20.3. The fourth-order valence-electron chi connectivity index (χ4n) is 3.30. The van der Waals surface area contributed by atoms with E-state index in [0.717, 1.165) is 40.8 Å². The Morgan fingerprint density at radius 2 is 1.59 bits per heavy atom. The summed E-state index contributed by atoms with van der Waals surface area (Å²) in [5.74, 6) is 0.888. The fraction of sp³-hybridized carbons (Fsp3) is 0.480. The molecule has 0 saturated carbocycles. The average molecular weight is 406 g/mol. The summed E-state index contributed by atoms with van der Waals surface area (Å²) in [5.41, 5.74) is 4.61. The summed E-state index contributed by atoms with van der Waals surface area (Å²) in [4.78, 5) is 13.0. The molecular weight excluding hydrogens is 370 g/mol. The van der Waals surface area contributed by atoms with Crippen LogP contribution in [0.3, 0.4) is 0 Å². The predicted molar refractivity (Wildman–Crippen MR) is 124 cm³/mol. The van der Waals surface area contributed by atoms with Crippen molar-refractivity contribution in [2.45, 2.75) is 72.6 Å². The minimum atomic E-state index is 0. The number of aryl methyl sites for hydroxylation is 2. The van der Waals surface area contributed by atoms with Gasteiger partial charge in [0.1, 0.15) is 5.75 Å². The maximum Gasteiger partial charge on any atom is 1.00 e. The van der Waals surface area contributed by atoms with Crippen LogP contribution >= 0.6 is 8.58 Å². The first-order valence-corrected chi connectivity index (χ1v) is 11.4. The number of ether oxygens (including phenoxy) is 1. The maximum absolute atomic E-state index is 13.0. The first-order chi connectivity index (χ1) is 13.2. The van der Waals surface area contributed by atoms with Crippen LogP contribution in [0.1, 0.15) is 81.9 Å². The second-order valence-corrected chi connectivity index (χ2v) is 9.90. The Bertz CT molecular complexity index is 775. The van der Waals surface area contributed by atoms with E-state index in [2.05, 4.69) is 53.7 Å². The molecular formula is C25H36LiO2P. The Balaban J connectivity index is 0.00000420. The van der Waals surface area contributed by atoms with Crippen molar-refractivity contribution in [2.75, 3.05) is 6.61 Å². The summed E-state index contributed by atoms with van der Waals surface area (Å²) in [5, 5.41) is 1.06. The van der Waals surface area contributed by atoms with Crippen molar-refractivity contribution in [1.82, 2.24) is 0 Å². The van der Waals surface area contributed by atoms with Gasteiger partial charge in [0.2, 0.25) is 0 Å². The van der Waals surface area contributed by atoms with Crippen LogP contribution in [0, 0.1) is 13.8 Å². The van der Waals surface area contributed by atoms with Crippen molar-refractivity contribution >= 4 is 19.4 Å². The van der Waals surface area contributed by atoms with Crippen molar-refractivity contribution in [3.05, 3.63) is 58.7 Å². The molecule has 0 aromatic heterocycles. The summed E-state index contributed by atoms with van der Waals surface area (Å²) in [6.45, 7) is 13.7. The Morgan fingerprint density at radius 3 is 2.10 bits per heavy atom. The third-order valence-corrected chi connectivity index (χ3v) is 6.10. The molecule has 1 atom stereocenters. The molecule has 0 aliphatic carbocycles. The van der Waals surface area contributed by atoms with Crippen molar-refractivity contribution in [2.24, 2.45) is 0 Å². The molecule has 0 saturated heterocycles. The number of carbonyl (C=O) groups is 1. The molecule has 2 aromatic carbocycles. The van der Waals surface area contributed by atoms with E-state index in [1.54, 1.807) is 0 Å². The van der Waals surface area contributed by atoms with Gasteiger partial charge in [0, 0.05) is 5.56 Å². The molecule has 0 amide bonds. The van der Waals surface area contributed by atoms with Gasteiger partial charge in [0.25, 0.3) is 0 Å². The molecule has 0 heterocycles. The van der Waals surface area contributed by atoms with Crippen LogP contribution in [0.4, 0.5) is 0 Å². The SMILES string of the molecule is CCCCCCOc1ccc(PC(=O)c2c(C)cc(C(C)(C)C)cc2C)cc1.[H-].[Li+]. The topological polar surface area (TPSA) is 26.3 Å². The Kier molecular flexibility index (Phi) is 10.7. The third kappa shape index (κ3) is 7.94. The molecule has 0 aliphatic rings. The van der Waals surface area contributed by atoms with E-state index in [9.17, 15) is 4.79 Å². The molecule has 0 radical (unpaired) electrons. The van der Waals surface area contributed by atoms with Gasteiger partial charge >= 0.3 is 18.9 Å². The van der Waals surface area contributed by atoms with E-state index in [-0.39, 0.29) is 39.8 Å². The van der Waals surface area contributed by atoms with Crippen LogP contribution in [0.15, 0.2) is 36.4 Å². The number of unbranched alkanes of at least 4 members (excludes halogenated alkanes) is 3. The second kappa shape index (κ2) is 12.0. The molecule has 0 aliphatic heterocycles. The molecule has 2 rings (SSSR count). The molecule has 0 N–H and O–H groups in total. The van der Waals surface area contributed by atoms with Gasteiger partial charge in [-0.05, 0) is 68.4 Å². The second-order valence-electron chi connectivity index (χ2n) is 8.62. The predicted octanol–water partition coefficient (Wildman–Crippen LogP) is 3.82. The Morgan fingerprint density at radius 1 is 1.00 bits per heavy atom. The van der Waals surface area contributed by atoms with E-state index in [1.807, 2.05) is 24.3 Å². The van der Waals surface area contributed by atoms with Gasteiger partial charge in [-0.15, -0.1) is 0 Å². The number of carbonyl (C=O) groups excluding carboxylic acids is 1. The van der Waals surface area contributed by atoms with Crippen LogP contribution in [-0.4, -0.2) is 12.1 Å². The van der Waals surface area contributed by atoms with Gasteiger partial charge in [-0.1, -0.05) is 71.2 Å². The van der Waals surface area contributed by atoms with Gasteiger partial charge < -0.3 is 6.16 Å². The molecule has 2 nitrogen and oxygen atoms in total. The van der Waals surface area contributed by atoms with E-state index in [4.69, 9.17) is 4.74 Å². The van der Waals surface area contributed by atoms with Gasteiger partial charge in [-0.3, -0.25) is 4.79 Å².